The average molecular weight is 1510 g/mol. The Morgan fingerprint density at radius 1 is 0.272 bits per heavy atom. The molecule has 0 bridgehead atoms. The van der Waals surface area contributed by atoms with Gasteiger partial charge in [-0.2, -0.15) is 0 Å². The van der Waals surface area contributed by atoms with Gasteiger partial charge in [0.1, 0.15) is 19.3 Å². The van der Waals surface area contributed by atoms with Crippen LogP contribution in [0.1, 0.15) is 434 Å². The van der Waals surface area contributed by atoms with Crippen LogP contribution in [0.25, 0.3) is 0 Å². The van der Waals surface area contributed by atoms with E-state index in [1.54, 1.807) is 0 Å². The lowest BCUT2D eigenvalue weighted by Gasteiger charge is -2.21. The Morgan fingerprint density at radius 3 is 0.689 bits per heavy atom. The maximum Gasteiger partial charge on any atom is 0.472 e. The first-order valence-electron chi connectivity index (χ1n) is 43.2. The molecule has 0 saturated carbocycles. The van der Waals surface area contributed by atoms with Crippen molar-refractivity contribution in [1.82, 2.24) is 0 Å². The molecule has 0 radical (unpaired) electrons. The predicted octanol–water partition coefficient (Wildman–Crippen LogP) is 25.2. The molecule has 103 heavy (non-hydrogen) atoms. The Bertz CT molecular complexity index is 2010. The van der Waals surface area contributed by atoms with Crippen LogP contribution in [0.2, 0.25) is 0 Å². The number of ether oxygens (including phenoxy) is 4. The summed E-state index contributed by atoms with van der Waals surface area (Å²) in [5.41, 5.74) is 0. The van der Waals surface area contributed by atoms with Crippen LogP contribution < -0.4 is 0 Å². The lowest BCUT2D eigenvalue weighted by atomic mass is 10.00. The van der Waals surface area contributed by atoms with E-state index in [0.717, 1.165) is 120 Å². The van der Waals surface area contributed by atoms with Crippen LogP contribution in [0.15, 0.2) is 0 Å². The topological polar surface area (TPSA) is 237 Å². The Balaban J connectivity index is 5.24. The zero-order valence-electron chi connectivity index (χ0n) is 68.0. The highest BCUT2D eigenvalue weighted by Gasteiger charge is 2.30. The van der Waals surface area contributed by atoms with E-state index in [-0.39, 0.29) is 25.7 Å². The molecule has 3 N–H and O–H groups in total. The van der Waals surface area contributed by atoms with E-state index < -0.39 is 97.5 Å². The Kier molecular flexibility index (Phi) is 71.5. The van der Waals surface area contributed by atoms with Crippen molar-refractivity contribution in [2.45, 2.75) is 453 Å². The Hall–Kier alpha value is -1.94. The molecule has 0 spiro atoms. The number of rotatable bonds is 81. The molecular weight excluding hydrogens is 1340 g/mol. The number of carbonyl (C=O) groups excluding carboxylic acids is 4. The fourth-order valence-corrected chi connectivity index (χ4v) is 14.5. The summed E-state index contributed by atoms with van der Waals surface area (Å²) in [5, 5.41) is 10.7. The minimum absolute atomic E-state index is 0.106. The number of aliphatic hydroxyl groups excluding tert-OH is 1. The molecule has 0 aromatic rings. The number of phosphoric ester groups is 2. The maximum atomic E-state index is 13.1. The van der Waals surface area contributed by atoms with Crippen LogP contribution in [-0.4, -0.2) is 96.7 Å². The van der Waals surface area contributed by atoms with Crippen molar-refractivity contribution < 1.29 is 80.2 Å². The molecule has 0 aliphatic rings. The molecule has 3 unspecified atom stereocenters. The summed E-state index contributed by atoms with van der Waals surface area (Å²) in [5.74, 6) is 1.02. The van der Waals surface area contributed by atoms with Crippen molar-refractivity contribution >= 4 is 39.5 Å². The van der Waals surface area contributed by atoms with Gasteiger partial charge in [0.2, 0.25) is 0 Å². The van der Waals surface area contributed by atoms with E-state index >= 15 is 0 Å². The van der Waals surface area contributed by atoms with Crippen LogP contribution in [0.5, 0.6) is 0 Å². The largest absolute Gasteiger partial charge is 0.472 e. The maximum absolute atomic E-state index is 13.1. The molecule has 19 heteroatoms. The van der Waals surface area contributed by atoms with E-state index in [0.29, 0.717) is 25.7 Å². The van der Waals surface area contributed by atoms with Crippen LogP contribution >= 0.6 is 15.6 Å². The van der Waals surface area contributed by atoms with Gasteiger partial charge in [0.25, 0.3) is 0 Å². The molecule has 0 rings (SSSR count). The predicted molar refractivity (Wildman–Crippen MR) is 423 cm³/mol. The molecule has 0 aromatic heterocycles. The molecule has 17 nitrogen and oxygen atoms in total. The van der Waals surface area contributed by atoms with Gasteiger partial charge < -0.3 is 33.8 Å². The first kappa shape index (κ1) is 101. The van der Waals surface area contributed by atoms with Crippen LogP contribution in [-0.2, 0) is 65.4 Å². The van der Waals surface area contributed by atoms with Crippen LogP contribution in [0.4, 0.5) is 0 Å². The zero-order valence-corrected chi connectivity index (χ0v) is 69.7. The molecule has 0 saturated heterocycles. The Morgan fingerprint density at radius 2 is 0.466 bits per heavy atom. The minimum Gasteiger partial charge on any atom is -0.462 e. The van der Waals surface area contributed by atoms with Gasteiger partial charge in [-0.05, 0) is 49.4 Å². The van der Waals surface area contributed by atoms with Crippen molar-refractivity contribution in [2.75, 3.05) is 39.6 Å². The van der Waals surface area contributed by atoms with Crippen LogP contribution in [0.3, 0.4) is 0 Å². The normalized spacial score (nSPS) is 14.2. The van der Waals surface area contributed by atoms with Gasteiger partial charge >= 0.3 is 39.5 Å². The monoisotopic (exact) mass is 1510 g/mol. The van der Waals surface area contributed by atoms with E-state index in [9.17, 15) is 43.2 Å². The molecule has 0 aliphatic heterocycles. The van der Waals surface area contributed by atoms with Gasteiger partial charge in [0.15, 0.2) is 12.2 Å². The first-order valence-corrected chi connectivity index (χ1v) is 46.2. The van der Waals surface area contributed by atoms with Crippen molar-refractivity contribution in [2.24, 2.45) is 23.7 Å². The third kappa shape index (κ3) is 76.6. The summed E-state index contributed by atoms with van der Waals surface area (Å²) >= 11 is 0. The van der Waals surface area contributed by atoms with E-state index in [1.807, 2.05) is 0 Å². The lowest BCUT2D eigenvalue weighted by molar-refractivity contribution is -0.161. The second-order valence-corrected chi connectivity index (χ2v) is 34.8. The first-order chi connectivity index (χ1) is 49.6. The number of esters is 4. The highest BCUT2D eigenvalue weighted by atomic mass is 31.2. The van der Waals surface area contributed by atoms with Crippen molar-refractivity contribution in [3.63, 3.8) is 0 Å². The molecule has 0 aliphatic carbocycles. The summed E-state index contributed by atoms with van der Waals surface area (Å²) in [6.45, 7) is 14.3. The molecule has 0 heterocycles. The molecule has 0 fully saturated rings. The van der Waals surface area contributed by atoms with Gasteiger partial charge in [-0.25, -0.2) is 9.13 Å². The number of unbranched alkanes of at least 4 members (excludes halogenated alkanes) is 46. The number of phosphoric acid groups is 2. The van der Waals surface area contributed by atoms with Gasteiger partial charge in [0, 0.05) is 25.7 Å². The summed E-state index contributed by atoms with van der Waals surface area (Å²) in [6.07, 6.45) is 61.1. The highest BCUT2D eigenvalue weighted by molar-refractivity contribution is 7.47. The second-order valence-electron chi connectivity index (χ2n) is 31.9. The molecule has 0 aromatic carbocycles. The molecule has 6 atom stereocenters. The summed E-state index contributed by atoms with van der Waals surface area (Å²) < 4.78 is 68.8. The van der Waals surface area contributed by atoms with Gasteiger partial charge in [0.05, 0.1) is 26.4 Å². The minimum atomic E-state index is -4.97. The summed E-state index contributed by atoms with van der Waals surface area (Å²) in [7, 11) is -9.93. The fourth-order valence-electron chi connectivity index (χ4n) is 12.9. The van der Waals surface area contributed by atoms with Gasteiger partial charge in [-0.1, -0.05) is 383 Å². The second kappa shape index (κ2) is 72.9. The molecule has 0 amide bonds. The number of hydrogen-bond donors (Lipinski definition) is 3. The summed E-state index contributed by atoms with van der Waals surface area (Å²) in [4.78, 5) is 73.1. The highest BCUT2D eigenvalue weighted by Crippen LogP contribution is 2.45. The van der Waals surface area contributed by atoms with E-state index in [2.05, 4.69) is 55.4 Å². The average Bonchev–Trinajstić information content (AvgIpc) is 0.914. The summed E-state index contributed by atoms with van der Waals surface area (Å²) in [6, 6.07) is 0. The Labute approximate surface area is 632 Å². The lowest BCUT2D eigenvalue weighted by Crippen LogP contribution is -2.30. The van der Waals surface area contributed by atoms with Crippen LogP contribution in [0, 0.1) is 23.7 Å². The number of aliphatic hydroxyl groups is 1. The molecule has 612 valence electrons. The van der Waals surface area contributed by atoms with E-state index in [1.165, 1.54) is 231 Å². The SMILES string of the molecule is CCC(C)CCCCCCCCC(=O)OC[C@H](COP(=O)(O)OC[C@H](O)COP(=O)(O)OC[C@@H](COC(=O)CCCCCCCCCCCCCCCCCCC(C)C)OC(=O)CCCCCCCCCCCCCCCCCCC(C)C)OC(=O)CCCCCCCCCCCCCCC(C)C. The van der Waals surface area contributed by atoms with Crippen molar-refractivity contribution in [3.05, 3.63) is 0 Å². The van der Waals surface area contributed by atoms with Gasteiger partial charge in [-0.15, -0.1) is 0 Å². The van der Waals surface area contributed by atoms with E-state index in [4.69, 9.17) is 37.0 Å². The molecular formula is C84H164O17P2. The third-order valence-electron chi connectivity index (χ3n) is 19.9. The quantitative estimate of drug-likeness (QED) is 0.0222. The van der Waals surface area contributed by atoms with Crippen molar-refractivity contribution in [3.8, 4) is 0 Å². The standard InChI is InChI=1S/C84H164O17P2/c1-9-77(8)63-55-47-42-43-49-57-65-82(87)95-71-80(101-84(89)67-59-51-41-35-29-23-22-26-32-38-46-54-62-76(6)7)73-99-103(92,93)97-69-78(85)68-96-102(90,91)98-72-79(100-83(88)66-58-50-40-34-28-21-17-13-11-15-19-25-31-37-45-53-61-75(4)5)70-94-81(86)64-56-48-39-33-27-20-16-12-10-14-18-24-30-36-44-52-60-74(2)3/h74-80,85H,9-73H2,1-8H3,(H,90,91)(H,92,93)/t77?,78-,79-,80-/m1/s1. The van der Waals surface area contributed by atoms with Crippen molar-refractivity contribution in [1.29, 1.82) is 0 Å². The third-order valence-corrected chi connectivity index (χ3v) is 21.8. The smallest absolute Gasteiger partial charge is 0.462 e. The van der Waals surface area contributed by atoms with Gasteiger partial charge in [-0.3, -0.25) is 37.3 Å². The fraction of sp³-hybridized carbons (Fsp3) is 0.952. The number of hydrogen-bond acceptors (Lipinski definition) is 15. The number of carbonyl (C=O) groups is 4. The zero-order chi connectivity index (χ0) is 76.0.